The van der Waals surface area contributed by atoms with E-state index in [0.29, 0.717) is 5.56 Å². The van der Waals surface area contributed by atoms with Gasteiger partial charge in [-0.05, 0) is 44.2 Å². The van der Waals surface area contributed by atoms with Crippen LogP contribution in [0.2, 0.25) is 0 Å². The van der Waals surface area contributed by atoms with Crippen LogP contribution in [0.25, 0.3) is 5.69 Å². The second-order valence-corrected chi connectivity index (χ2v) is 8.62. The van der Waals surface area contributed by atoms with Gasteiger partial charge in [0.25, 0.3) is 5.69 Å². The van der Waals surface area contributed by atoms with E-state index in [0.717, 1.165) is 22.6 Å². The van der Waals surface area contributed by atoms with Gasteiger partial charge in [-0.1, -0.05) is 18.2 Å². The molecule has 3 N–H and O–H groups in total. The smallest absolute Gasteiger partial charge is 0.273 e. The molecule has 10 nitrogen and oxygen atoms in total. The fourth-order valence-electron chi connectivity index (χ4n) is 3.33. The van der Waals surface area contributed by atoms with Crippen molar-refractivity contribution in [2.24, 2.45) is 10.2 Å². The monoisotopic (exact) mass is 455 g/mol. The maximum Gasteiger partial charge on any atom is 0.273 e. The van der Waals surface area contributed by atoms with Crippen LogP contribution in [0.15, 0.2) is 64.6 Å². The second kappa shape index (κ2) is 9.12. The molecule has 11 heteroatoms. The molecular formula is C21H21N5O5S. The number of amides is 1. The fourth-order valence-corrected chi connectivity index (χ4v) is 3.84. The number of carbonyl (C=O) groups excluding carboxylic acids is 1. The number of nitrogens with zero attached hydrogens (tertiary/aromatic N) is 3. The lowest BCUT2D eigenvalue weighted by Crippen LogP contribution is -2.20. The zero-order valence-corrected chi connectivity index (χ0v) is 18.2. The lowest BCUT2D eigenvalue weighted by Gasteiger charge is -2.10. The summed E-state index contributed by atoms with van der Waals surface area (Å²) in [5.41, 5.74) is 5.74. The minimum Gasteiger partial charge on any atom is -0.318 e. The predicted molar refractivity (Wildman–Crippen MR) is 119 cm³/mol. The molecule has 0 unspecified atom stereocenters. The van der Waals surface area contributed by atoms with Crippen molar-refractivity contribution in [3.63, 3.8) is 0 Å². The van der Waals surface area contributed by atoms with Crippen molar-refractivity contribution in [2.75, 3.05) is 0 Å². The molecule has 32 heavy (non-hydrogen) atoms. The number of hydrazone groups is 1. The number of carbonyl (C=O) groups is 1. The van der Waals surface area contributed by atoms with Gasteiger partial charge < -0.3 is 4.57 Å². The summed E-state index contributed by atoms with van der Waals surface area (Å²) in [5.74, 6) is -0.483. The number of nitrogens with two attached hydrogens (primary N) is 1. The zero-order chi connectivity index (χ0) is 23.5. The van der Waals surface area contributed by atoms with Crippen LogP contribution < -0.4 is 10.6 Å². The average molecular weight is 455 g/mol. The van der Waals surface area contributed by atoms with Gasteiger partial charge >= 0.3 is 0 Å². The Morgan fingerprint density at radius 3 is 2.47 bits per heavy atom. The Balaban J connectivity index is 1.74. The van der Waals surface area contributed by atoms with Gasteiger partial charge in [0.1, 0.15) is 0 Å². The molecule has 0 aliphatic heterocycles. The molecule has 0 radical (unpaired) electrons. The number of rotatable bonds is 7. The van der Waals surface area contributed by atoms with Crippen LogP contribution in [0, 0.1) is 24.0 Å². The van der Waals surface area contributed by atoms with E-state index in [2.05, 4.69) is 10.5 Å². The van der Waals surface area contributed by atoms with E-state index < -0.39 is 20.9 Å². The molecule has 0 aliphatic carbocycles. The summed E-state index contributed by atoms with van der Waals surface area (Å²) < 4.78 is 24.8. The highest BCUT2D eigenvalue weighted by Gasteiger charge is 2.15. The third-order valence-electron chi connectivity index (χ3n) is 4.83. The van der Waals surface area contributed by atoms with Crippen LogP contribution in [-0.4, -0.2) is 30.0 Å². The third kappa shape index (κ3) is 5.07. The first kappa shape index (κ1) is 22.8. The number of para-hydroxylation sites is 1. The van der Waals surface area contributed by atoms with E-state index in [4.69, 9.17) is 5.14 Å². The fraction of sp³-hybridized carbons (Fsp3) is 0.143. The van der Waals surface area contributed by atoms with Gasteiger partial charge in [0.15, 0.2) is 0 Å². The van der Waals surface area contributed by atoms with Crippen LogP contribution in [-0.2, 0) is 21.2 Å². The van der Waals surface area contributed by atoms with Gasteiger partial charge in [0, 0.05) is 34.3 Å². The number of primary sulfonamides is 1. The van der Waals surface area contributed by atoms with Crippen molar-refractivity contribution in [1.29, 1.82) is 0 Å². The molecule has 1 heterocycles. The largest absolute Gasteiger partial charge is 0.318 e. The van der Waals surface area contributed by atoms with Crippen molar-refractivity contribution in [3.8, 4) is 5.69 Å². The van der Waals surface area contributed by atoms with E-state index in [1.165, 1.54) is 36.5 Å². The molecule has 0 atom stereocenters. The minimum atomic E-state index is -3.78. The highest BCUT2D eigenvalue weighted by molar-refractivity contribution is 7.89. The molecule has 0 aliphatic rings. The van der Waals surface area contributed by atoms with E-state index in [1.54, 1.807) is 18.2 Å². The van der Waals surface area contributed by atoms with Gasteiger partial charge in [0.2, 0.25) is 15.9 Å². The Hall–Kier alpha value is -3.83. The van der Waals surface area contributed by atoms with Gasteiger partial charge in [-0.15, -0.1) is 0 Å². The normalized spacial score (nSPS) is 11.6. The molecule has 3 rings (SSSR count). The number of nitro benzene ring substituents is 1. The average Bonchev–Trinajstić information content (AvgIpc) is 3.01. The summed E-state index contributed by atoms with van der Waals surface area (Å²) in [6.07, 6.45) is 1.30. The third-order valence-corrected chi connectivity index (χ3v) is 5.76. The van der Waals surface area contributed by atoms with Gasteiger partial charge in [-0.3, -0.25) is 14.9 Å². The quantitative estimate of drug-likeness (QED) is 0.318. The van der Waals surface area contributed by atoms with E-state index >= 15 is 0 Å². The zero-order valence-electron chi connectivity index (χ0n) is 17.3. The minimum absolute atomic E-state index is 0.0202. The Morgan fingerprint density at radius 2 is 1.84 bits per heavy atom. The molecule has 1 amide bonds. The van der Waals surface area contributed by atoms with Crippen molar-refractivity contribution < 1.29 is 18.1 Å². The highest BCUT2D eigenvalue weighted by Crippen LogP contribution is 2.21. The molecule has 0 bridgehead atoms. The molecular weight excluding hydrogens is 434 g/mol. The highest BCUT2D eigenvalue weighted by atomic mass is 32.2. The van der Waals surface area contributed by atoms with Crippen LogP contribution in [0.5, 0.6) is 0 Å². The Kier molecular flexibility index (Phi) is 6.51. The molecule has 3 aromatic rings. The standard InChI is InChI=1S/C21H21N5O5S/c1-14-11-17(15(2)25(14)18-7-9-19(10-8-18)32(22,30)31)13-23-24-21(27)12-16-5-3-4-6-20(16)26(28)29/h3-11,13H,12H2,1-2H3,(H,24,27)(H2,22,30,31). The lowest BCUT2D eigenvalue weighted by molar-refractivity contribution is -0.385. The van der Waals surface area contributed by atoms with Gasteiger partial charge in [-0.2, -0.15) is 5.10 Å². The first-order valence-corrected chi connectivity index (χ1v) is 11.0. The molecule has 166 valence electrons. The maximum atomic E-state index is 12.2. The second-order valence-electron chi connectivity index (χ2n) is 7.06. The van der Waals surface area contributed by atoms with Gasteiger partial charge in [0.05, 0.1) is 22.5 Å². The van der Waals surface area contributed by atoms with Crippen LogP contribution in [0.1, 0.15) is 22.5 Å². The van der Waals surface area contributed by atoms with Crippen LogP contribution >= 0.6 is 0 Å². The Bertz CT molecular complexity index is 1310. The van der Waals surface area contributed by atoms with E-state index in [1.807, 2.05) is 24.5 Å². The summed E-state index contributed by atoms with van der Waals surface area (Å²) in [6, 6.07) is 14.1. The van der Waals surface area contributed by atoms with Crippen LogP contribution in [0.4, 0.5) is 5.69 Å². The van der Waals surface area contributed by atoms with Crippen LogP contribution in [0.3, 0.4) is 0 Å². The van der Waals surface area contributed by atoms with E-state index in [-0.39, 0.29) is 17.0 Å². The molecule has 0 spiro atoms. The first-order chi connectivity index (χ1) is 15.1. The number of nitro groups is 1. The summed E-state index contributed by atoms with van der Waals surface area (Å²) >= 11 is 0. The Morgan fingerprint density at radius 1 is 1.19 bits per heavy atom. The number of hydrogen-bond donors (Lipinski definition) is 2. The number of aryl methyl sites for hydroxylation is 1. The summed E-state index contributed by atoms with van der Waals surface area (Å²) in [6.45, 7) is 3.74. The molecule has 2 aromatic carbocycles. The topological polar surface area (TPSA) is 150 Å². The summed E-state index contributed by atoms with van der Waals surface area (Å²) in [7, 11) is -3.78. The summed E-state index contributed by atoms with van der Waals surface area (Å²) in [4.78, 5) is 22.7. The lowest BCUT2D eigenvalue weighted by atomic mass is 10.1. The van der Waals surface area contributed by atoms with Crippen molar-refractivity contribution in [2.45, 2.75) is 25.2 Å². The molecule has 0 saturated heterocycles. The van der Waals surface area contributed by atoms with E-state index in [9.17, 15) is 23.3 Å². The molecule has 0 saturated carbocycles. The number of benzene rings is 2. The molecule has 1 aromatic heterocycles. The van der Waals surface area contributed by atoms with Gasteiger partial charge in [-0.25, -0.2) is 19.0 Å². The van der Waals surface area contributed by atoms with Crippen molar-refractivity contribution >= 4 is 27.8 Å². The number of aromatic nitrogens is 1. The van der Waals surface area contributed by atoms with Crippen molar-refractivity contribution in [3.05, 3.63) is 87.2 Å². The maximum absolute atomic E-state index is 12.2. The summed E-state index contributed by atoms with van der Waals surface area (Å²) in [5, 5.41) is 20.2. The number of nitrogens with one attached hydrogen (secondary N) is 1. The SMILES string of the molecule is Cc1cc(C=NNC(=O)Cc2ccccc2[N+](=O)[O-])c(C)n1-c1ccc(S(N)(=O)=O)cc1. The predicted octanol–water partition coefficient (Wildman–Crippen LogP) is 2.34. The molecule has 0 fully saturated rings. The number of hydrogen-bond acceptors (Lipinski definition) is 6. The van der Waals surface area contributed by atoms with Crippen molar-refractivity contribution in [1.82, 2.24) is 9.99 Å². The Labute approximate surface area is 184 Å². The number of sulfonamides is 1. The first-order valence-electron chi connectivity index (χ1n) is 9.44.